The Morgan fingerprint density at radius 3 is 2.04 bits per heavy atom. The molecule has 0 radical (unpaired) electrons. The summed E-state index contributed by atoms with van der Waals surface area (Å²) in [5.74, 6) is -8.98. The molecule has 2 aliphatic heterocycles. The van der Waals surface area contributed by atoms with Crippen molar-refractivity contribution in [1.29, 1.82) is 0 Å². The highest BCUT2D eigenvalue weighted by Gasteiger charge is 2.83. The first-order valence-electron chi connectivity index (χ1n) is 16.5. The minimum absolute atomic E-state index is 0.214. The third kappa shape index (κ3) is 3.82. The molecule has 5 aliphatic carbocycles. The summed E-state index contributed by atoms with van der Waals surface area (Å²) < 4.78 is 29.7. The van der Waals surface area contributed by atoms with Crippen LogP contribution < -0.4 is 0 Å². The standard InChI is InChI=1S/C34H44O13/c1-11-9-17-33(7,34(8,42)30(41)47-17)22-19(11)32(6)20(25(22)40)18-21(27(43-12(2)35)29(32)45-14(4)37)31(5)15(23(38)24(18)39)10-16-26(46-16)28(31)44-13(3)36/h9,11,15-16,18-22,24-29,39-40,42H,10H2,1-8H3/t11-,15-,16+,18+,19+,20-,21-,22-,24-,25-,26+,27+,28+,29+,31+,32-,33+,34-/m1/s1. The summed E-state index contributed by atoms with van der Waals surface area (Å²) in [6.07, 6.45) is -5.37. The summed E-state index contributed by atoms with van der Waals surface area (Å²) in [4.78, 5) is 65.8. The Bertz CT molecular complexity index is 1500. The molecule has 6 fully saturated rings. The monoisotopic (exact) mass is 660 g/mol. The molecule has 0 spiro atoms. The van der Waals surface area contributed by atoms with Gasteiger partial charge in [0.2, 0.25) is 0 Å². The maximum atomic E-state index is 14.3. The molecule has 47 heavy (non-hydrogen) atoms. The van der Waals surface area contributed by atoms with Crippen molar-refractivity contribution < 1.29 is 63.0 Å². The molecule has 13 nitrogen and oxygen atoms in total. The van der Waals surface area contributed by atoms with E-state index < -0.39 is 130 Å². The summed E-state index contributed by atoms with van der Waals surface area (Å²) in [5, 5.41) is 36.4. The predicted octanol–water partition coefficient (Wildman–Crippen LogP) is 0.842. The molecule has 13 heteroatoms. The quantitative estimate of drug-likeness (QED) is 0.219. The second-order valence-corrected chi connectivity index (χ2v) is 15.9. The number of epoxide rings is 1. The normalized spacial score (nSPS) is 55.1. The lowest BCUT2D eigenvalue weighted by molar-refractivity contribution is -0.272. The van der Waals surface area contributed by atoms with Crippen LogP contribution in [0.5, 0.6) is 0 Å². The predicted molar refractivity (Wildman–Crippen MR) is 156 cm³/mol. The molecule has 258 valence electrons. The molecule has 0 aromatic carbocycles. The number of aliphatic hydroxyl groups excluding tert-OH is 2. The van der Waals surface area contributed by atoms with Crippen molar-refractivity contribution in [3.05, 3.63) is 11.8 Å². The number of carbonyl (C=O) groups excluding carboxylic acids is 5. The van der Waals surface area contributed by atoms with Crippen LogP contribution in [0.15, 0.2) is 11.8 Å². The molecule has 0 aromatic heterocycles. The smallest absolute Gasteiger partial charge is 0.343 e. The zero-order chi connectivity index (χ0) is 34.5. The first-order chi connectivity index (χ1) is 21.7. The van der Waals surface area contributed by atoms with Crippen molar-refractivity contribution in [2.24, 2.45) is 57.7 Å². The van der Waals surface area contributed by atoms with E-state index in [0.29, 0.717) is 0 Å². The van der Waals surface area contributed by atoms with Crippen LogP contribution in [0.4, 0.5) is 0 Å². The third-order valence-corrected chi connectivity index (χ3v) is 13.8. The molecule has 0 aromatic rings. The molecular formula is C34H44O13. The van der Waals surface area contributed by atoms with Gasteiger partial charge in [0.1, 0.15) is 36.3 Å². The van der Waals surface area contributed by atoms with Crippen molar-refractivity contribution in [3.63, 3.8) is 0 Å². The van der Waals surface area contributed by atoms with E-state index in [1.54, 1.807) is 26.8 Å². The van der Waals surface area contributed by atoms with E-state index in [4.69, 9.17) is 23.7 Å². The van der Waals surface area contributed by atoms with E-state index in [1.165, 1.54) is 27.7 Å². The van der Waals surface area contributed by atoms with Gasteiger partial charge in [-0.2, -0.15) is 0 Å². The largest absolute Gasteiger partial charge is 0.459 e. The molecule has 18 atom stereocenters. The van der Waals surface area contributed by atoms with Gasteiger partial charge in [0, 0.05) is 61.2 Å². The lowest BCUT2D eigenvalue weighted by atomic mass is 9.41. The van der Waals surface area contributed by atoms with Crippen LogP contribution in [0, 0.1) is 57.7 Å². The Kier molecular flexibility index (Phi) is 6.85. The van der Waals surface area contributed by atoms with E-state index >= 15 is 0 Å². The number of hydrogen-bond acceptors (Lipinski definition) is 13. The number of allylic oxidation sites excluding steroid dienone is 1. The third-order valence-electron chi connectivity index (χ3n) is 13.8. The van der Waals surface area contributed by atoms with Gasteiger partial charge in [-0.3, -0.25) is 19.2 Å². The van der Waals surface area contributed by atoms with Crippen LogP contribution in [0.1, 0.15) is 61.8 Å². The fourth-order valence-electron chi connectivity index (χ4n) is 11.9. The van der Waals surface area contributed by atoms with Gasteiger partial charge in [0.05, 0.1) is 17.6 Å². The second kappa shape index (κ2) is 9.86. The van der Waals surface area contributed by atoms with Gasteiger partial charge < -0.3 is 39.0 Å². The van der Waals surface area contributed by atoms with Gasteiger partial charge in [-0.05, 0) is 38.2 Å². The van der Waals surface area contributed by atoms with Gasteiger partial charge >= 0.3 is 23.9 Å². The van der Waals surface area contributed by atoms with Crippen LogP contribution in [0.3, 0.4) is 0 Å². The molecule has 7 rings (SSSR count). The van der Waals surface area contributed by atoms with E-state index in [1.807, 2.05) is 6.92 Å². The summed E-state index contributed by atoms with van der Waals surface area (Å²) in [5.41, 5.74) is -6.06. The van der Waals surface area contributed by atoms with Gasteiger partial charge in [0.25, 0.3) is 0 Å². The van der Waals surface area contributed by atoms with Crippen LogP contribution in [0.2, 0.25) is 0 Å². The first kappa shape index (κ1) is 32.7. The minimum Gasteiger partial charge on any atom is -0.459 e. The Morgan fingerprint density at radius 2 is 1.45 bits per heavy atom. The Morgan fingerprint density at radius 1 is 0.851 bits per heavy atom. The average Bonchev–Trinajstić information content (AvgIpc) is 3.65. The molecule has 3 N–H and O–H groups in total. The molecule has 0 unspecified atom stereocenters. The summed E-state index contributed by atoms with van der Waals surface area (Å²) >= 11 is 0. The number of ketones is 1. The molecule has 0 bridgehead atoms. The number of rotatable bonds is 3. The number of hydrogen-bond donors (Lipinski definition) is 3. The van der Waals surface area contributed by atoms with Crippen molar-refractivity contribution in [3.8, 4) is 0 Å². The Hall–Kier alpha value is -2.87. The fraction of sp³-hybridized carbons (Fsp3) is 0.794. The van der Waals surface area contributed by atoms with E-state index in [9.17, 15) is 39.3 Å². The van der Waals surface area contributed by atoms with E-state index in [-0.39, 0.29) is 18.3 Å². The lowest BCUT2D eigenvalue weighted by Crippen LogP contribution is -2.74. The topological polar surface area (TPSA) is 195 Å². The maximum absolute atomic E-state index is 14.3. The van der Waals surface area contributed by atoms with Gasteiger partial charge in [-0.1, -0.05) is 20.8 Å². The number of fused-ring (bicyclic) bond motifs is 10. The van der Waals surface area contributed by atoms with Crippen LogP contribution in [-0.2, 0) is 47.7 Å². The van der Waals surface area contributed by atoms with Crippen molar-refractivity contribution in [2.75, 3.05) is 0 Å². The van der Waals surface area contributed by atoms with Gasteiger partial charge in [-0.15, -0.1) is 0 Å². The van der Waals surface area contributed by atoms with Gasteiger partial charge in [-0.25, -0.2) is 4.79 Å². The Labute approximate surface area is 272 Å². The highest BCUT2D eigenvalue weighted by molar-refractivity contribution is 5.88. The Balaban J connectivity index is 1.49. The summed E-state index contributed by atoms with van der Waals surface area (Å²) in [6.45, 7) is 12.1. The summed E-state index contributed by atoms with van der Waals surface area (Å²) in [7, 11) is 0. The SMILES string of the molecule is CC(=O)O[C@H]1[C@H]2[C@H]([C@@H]3[C@@H](O)[C@H]4[C@H]([C@H](C)C=C5OC(=O)[C@@](C)(O)[C@@]54C)[C@@]3(C)[C@H]1OC(C)=O)[C@@H](O)C(=O)[C@H]1C[C@@H]3O[C@@H]3[C@H](OC(C)=O)[C@]21C. The minimum atomic E-state index is -2.06. The average molecular weight is 661 g/mol. The van der Waals surface area contributed by atoms with E-state index in [2.05, 4.69) is 0 Å². The van der Waals surface area contributed by atoms with Crippen LogP contribution >= 0.6 is 0 Å². The number of Topliss-reactive ketones (excluding diaryl/α,β-unsaturated/α-hetero) is 1. The molecule has 2 heterocycles. The molecule has 7 aliphatic rings. The van der Waals surface area contributed by atoms with Gasteiger partial charge in [0.15, 0.2) is 11.4 Å². The van der Waals surface area contributed by atoms with Crippen molar-refractivity contribution >= 4 is 29.7 Å². The van der Waals surface area contributed by atoms with Crippen LogP contribution in [0.25, 0.3) is 0 Å². The molecular weight excluding hydrogens is 616 g/mol. The molecule has 4 saturated carbocycles. The number of aliphatic hydroxyl groups is 3. The van der Waals surface area contributed by atoms with Crippen molar-refractivity contribution in [1.82, 2.24) is 0 Å². The second-order valence-electron chi connectivity index (χ2n) is 15.9. The molecule has 2 saturated heterocycles. The summed E-state index contributed by atoms with van der Waals surface area (Å²) in [6, 6.07) is 0. The number of carbonyl (C=O) groups is 5. The van der Waals surface area contributed by atoms with E-state index in [0.717, 1.165) is 0 Å². The fourth-order valence-corrected chi connectivity index (χ4v) is 11.9. The zero-order valence-electron chi connectivity index (χ0n) is 27.8. The number of ether oxygens (including phenoxy) is 5. The zero-order valence-corrected chi connectivity index (χ0v) is 27.8. The highest BCUT2D eigenvalue weighted by atomic mass is 16.6. The molecule has 0 amide bonds. The first-order valence-corrected chi connectivity index (χ1v) is 16.5. The highest BCUT2D eigenvalue weighted by Crippen LogP contribution is 2.75. The maximum Gasteiger partial charge on any atom is 0.343 e. The van der Waals surface area contributed by atoms with Crippen LogP contribution in [-0.4, -0.2) is 93.3 Å². The van der Waals surface area contributed by atoms with Crippen molar-refractivity contribution in [2.45, 2.75) is 110 Å². The lowest BCUT2D eigenvalue weighted by Gasteiger charge is -2.65. The number of esters is 4.